The second-order valence-electron chi connectivity index (χ2n) is 8.77. The molecule has 1 N–H and O–H groups in total. The summed E-state index contributed by atoms with van der Waals surface area (Å²) < 4.78 is 1.64. The first-order valence-corrected chi connectivity index (χ1v) is 11.3. The number of carbonyl (C=O) groups is 1. The van der Waals surface area contributed by atoms with Crippen LogP contribution in [0.1, 0.15) is 23.2 Å². The van der Waals surface area contributed by atoms with E-state index in [0.29, 0.717) is 17.4 Å². The van der Waals surface area contributed by atoms with Gasteiger partial charge in [0.1, 0.15) is 17.3 Å². The van der Waals surface area contributed by atoms with Gasteiger partial charge >= 0.3 is 0 Å². The monoisotopic (exact) mass is 457 g/mol. The number of hydrogen-bond acceptors (Lipinski definition) is 8. The smallest absolute Gasteiger partial charge is 0.257 e. The molecule has 5 heterocycles. The van der Waals surface area contributed by atoms with E-state index in [2.05, 4.69) is 47.4 Å². The van der Waals surface area contributed by atoms with Crippen LogP contribution in [0.2, 0.25) is 0 Å². The molecule has 174 valence electrons. The number of piperidine rings is 1. The molecule has 0 spiro atoms. The molecular formula is C24H27N9O. The number of amides is 1. The zero-order valence-corrected chi connectivity index (χ0v) is 19.5. The summed E-state index contributed by atoms with van der Waals surface area (Å²) in [4.78, 5) is 30.8. The molecule has 0 unspecified atom stereocenters. The van der Waals surface area contributed by atoms with Crippen molar-refractivity contribution >= 4 is 28.4 Å². The number of nitrogens with one attached hydrogen (secondary N) is 1. The number of aryl methyl sites for hydroxylation is 1. The summed E-state index contributed by atoms with van der Waals surface area (Å²) in [6, 6.07) is 7.75. The number of anilines is 2. The minimum absolute atomic E-state index is 0.231. The van der Waals surface area contributed by atoms with Gasteiger partial charge in [-0.2, -0.15) is 0 Å². The summed E-state index contributed by atoms with van der Waals surface area (Å²) in [5, 5.41) is 11.9. The van der Waals surface area contributed by atoms with Crippen LogP contribution >= 0.6 is 0 Å². The molecule has 0 atom stereocenters. The molecule has 10 nitrogen and oxygen atoms in total. The van der Waals surface area contributed by atoms with Gasteiger partial charge in [0.15, 0.2) is 0 Å². The maximum atomic E-state index is 13.0. The summed E-state index contributed by atoms with van der Waals surface area (Å²) in [5.41, 5.74) is 2.85. The van der Waals surface area contributed by atoms with E-state index in [1.807, 2.05) is 38.5 Å². The first-order valence-electron chi connectivity index (χ1n) is 11.3. The van der Waals surface area contributed by atoms with Gasteiger partial charge in [0.25, 0.3) is 5.91 Å². The van der Waals surface area contributed by atoms with Crippen LogP contribution in [-0.2, 0) is 7.05 Å². The fraction of sp³-hybridized carbons (Fsp3) is 0.333. The molecule has 0 aliphatic carbocycles. The fourth-order valence-electron chi connectivity index (χ4n) is 4.23. The van der Waals surface area contributed by atoms with Crippen molar-refractivity contribution in [2.45, 2.75) is 18.9 Å². The Balaban J connectivity index is 1.33. The highest BCUT2D eigenvalue weighted by molar-refractivity contribution is 6.04. The Morgan fingerprint density at radius 1 is 1.09 bits per heavy atom. The lowest BCUT2D eigenvalue weighted by Crippen LogP contribution is -2.42. The van der Waals surface area contributed by atoms with Gasteiger partial charge in [-0.3, -0.25) is 14.5 Å². The predicted molar refractivity (Wildman–Crippen MR) is 131 cm³/mol. The van der Waals surface area contributed by atoms with E-state index in [1.165, 1.54) is 0 Å². The normalized spacial score (nSPS) is 14.9. The Labute approximate surface area is 197 Å². The van der Waals surface area contributed by atoms with Crippen molar-refractivity contribution in [1.29, 1.82) is 0 Å². The van der Waals surface area contributed by atoms with Crippen LogP contribution in [0.5, 0.6) is 0 Å². The summed E-state index contributed by atoms with van der Waals surface area (Å²) in [5.74, 6) is 1.02. The molecule has 34 heavy (non-hydrogen) atoms. The minimum Gasteiger partial charge on any atom is -0.357 e. The number of fused-ring (bicyclic) bond motifs is 1. The van der Waals surface area contributed by atoms with E-state index in [-0.39, 0.29) is 5.91 Å². The number of carbonyl (C=O) groups excluding carboxylic acids is 1. The van der Waals surface area contributed by atoms with Crippen LogP contribution in [0.15, 0.2) is 49.1 Å². The Kier molecular flexibility index (Phi) is 5.89. The van der Waals surface area contributed by atoms with E-state index in [9.17, 15) is 4.79 Å². The van der Waals surface area contributed by atoms with Crippen LogP contribution in [-0.4, -0.2) is 74.0 Å². The van der Waals surface area contributed by atoms with Crippen molar-refractivity contribution in [2.24, 2.45) is 7.05 Å². The van der Waals surface area contributed by atoms with Crippen molar-refractivity contribution in [3.63, 3.8) is 0 Å². The van der Waals surface area contributed by atoms with E-state index in [1.54, 1.807) is 29.3 Å². The number of aromatic nitrogens is 6. The molecule has 1 aliphatic rings. The lowest BCUT2D eigenvalue weighted by atomic mass is 10.0. The van der Waals surface area contributed by atoms with Crippen molar-refractivity contribution in [3.05, 3.63) is 54.6 Å². The molecule has 1 fully saturated rings. The molecular weight excluding hydrogens is 430 g/mol. The van der Waals surface area contributed by atoms with Crippen LogP contribution < -0.4 is 10.2 Å². The summed E-state index contributed by atoms with van der Waals surface area (Å²) in [6.45, 7) is 2.13. The number of likely N-dealkylation sites (tertiary alicyclic amines) is 1. The quantitative estimate of drug-likeness (QED) is 0.488. The second-order valence-corrected chi connectivity index (χ2v) is 8.77. The molecule has 1 saturated heterocycles. The Hall–Kier alpha value is -3.92. The Morgan fingerprint density at radius 2 is 1.91 bits per heavy atom. The molecule has 1 aliphatic heterocycles. The first kappa shape index (κ1) is 21.9. The van der Waals surface area contributed by atoms with Gasteiger partial charge in [0.05, 0.1) is 17.9 Å². The Bertz CT molecular complexity index is 1330. The van der Waals surface area contributed by atoms with Crippen LogP contribution in [0.4, 0.5) is 11.6 Å². The molecule has 0 radical (unpaired) electrons. The van der Waals surface area contributed by atoms with E-state index < -0.39 is 0 Å². The SMILES string of the molecule is CN1CCC(N(C)c2cc(C(=O)Nc3cc4cc(-c5cn(C)nn5)cnc4cn3)ccn2)CC1. The Morgan fingerprint density at radius 3 is 2.68 bits per heavy atom. The third kappa shape index (κ3) is 4.58. The molecule has 4 aromatic heterocycles. The molecule has 0 saturated carbocycles. The lowest BCUT2D eigenvalue weighted by Gasteiger charge is -2.35. The van der Waals surface area contributed by atoms with Crippen molar-refractivity contribution in [2.75, 3.05) is 37.4 Å². The first-order chi connectivity index (χ1) is 16.5. The standard InChI is InChI=1S/C24H27N9O/c1-31-8-5-19(6-9-31)33(3)23-12-16(4-7-25-23)24(34)28-22-11-17-10-18(13-26-20(17)14-27-22)21-15-32(2)30-29-21/h4,7,10-15,19H,5-6,8-9H2,1-3H3,(H,27,28,34). The molecule has 0 bridgehead atoms. The van der Waals surface area contributed by atoms with Gasteiger partial charge < -0.3 is 15.1 Å². The maximum Gasteiger partial charge on any atom is 0.257 e. The second kappa shape index (κ2) is 9.14. The molecule has 10 heteroatoms. The summed E-state index contributed by atoms with van der Waals surface area (Å²) >= 11 is 0. The van der Waals surface area contributed by atoms with Crippen LogP contribution in [0, 0.1) is 0 Å². The predicted octanol–water partition coefficient (Wildman–Crippen LogP) is 2.60. The average molecular weight is 458 g/mol. The average Bonchev–Trinajstić information content (AvgIpc) is 3.30. The number of rotatable bonds is 5. The summed E-state index contributed by atoms with van der Waals surface area (Å²) in [6.07, 6.45) is 9.06. The lowest BCUT2D eigenvalue weighted by molar-refractivity contribution is 0.102. The third-order valence-electron chi connectivity index (χ3n) is 6.31. The highest BCUT2D eigenvalue weighted by Gasteiger charge is 2.22. The van der Waals surface area contributed by atoms with Gasteiger partial charge in [-0.25, -0.2) is 9.97 Å². The molecule has 0 aromatic carbocycles. The van der Waals surface area contributed by atoms with E-state index in [0.717, 1.165) is 53.9 Å². The maximum absolute atomic E-state index is 13.0. The topological polar surface area (TPSA) is 105 Å². The van der Waals surface area contributed by atoms with Crippen molar-refractivity contribution < 1.29 is 4.79 Å². The number of pyridine rings is 3. The molecule has 1 amide bonds. The van der Waals surface area contributed by atoms with Gasteiger partial charge in [-0.15, -0.1) is 5.10 Å². The molecule has 4 aromatic rings. The third-order valence-corrected chi connectivity index (χ3v) is 6.31. The number of hydrogen-bond donors (Lipinski definition) is 1. The number of nitrogens with zero attached hydrogens (tertiary/aromatic N) is 8. The largest absolute Gasteiger partial charge is 0.357 e. The van der Waals surface area contributed by atoms with Gasteiger partial charge in [0.2, 0.25) is 0 Å². The fourth-order valence-corrected chi connectivity index (χ4v) is 4.23. The van der Waals surface area contributed by atoms with Gasteiger partial charge in [-0.1, -0.05) is 5.21 Å². The summed E-state index contributed by atoms with van der Waals surface area (Å²) in [7, 11) is 6.01. The van der Waals surface area contributed by atoms with Gasteiger partial charge in [0, 0.05) is 49.0 Å². The van der Waals surface area contributed by atoms with E-state index in [4.69, 9.17) is 0 Å². The zero-order chi connectivity index (χ0) is 23.7. The zero-order valence-electron chi connectivity index (χ0n) is 19.5. The molecule has 5 rings (SSSR count). The minimum atomic E-state index is -0.231. The van der Waals surface area contributed by atoms with Crippen LogP contribution in [0.3, 0.4) is 0 Å². The van der Waals surface area contributed by atoms with Gasteiger partial charge in [-0.05, 0) is 57.2 Å². The highest BCUT2D eigenvalue weighted by atomic mass is 16.1. The van der Waals surface area contributed by atoms with Crippen LogP contribution in [0.25, 0.3) is 22.2 Å². The van der Waals surface area contributed by atoms with Crippen molar-refractivity contribution in [1.82, 2.24) is 34.8 Å². The van der Waals surface area contributed by atoms with Crippen molar-refractivity contribution in [3.8, 4) is 11.3 Å². The van der Waals surface area contributed by atoms with E-state index >= 15 is 0 Å². The highest BCUT2D eigenvalue weighted by Crippen LogP contribution is 2.23.